The lowest BCUT2D eigenvalue weighted by molar-refractivity contribution is -0.120. The summed E-state index contributed by atoms with van der Waals surface area (Å²) in [6.45, 7) is 2.47. The van der Waals surface area contributed by atoms with Gasteiger partial charge in [0.05, 0.1) is 0 Å². The summed E-state index contributed by atoms with van der Waals surface area (Å²) in [7, 11) is 0. The van der Waals surface area contributed by atoms with E-state index in [4.69, 9.17) is 4.74 Å². The highest BCUT2D eigenvalue weighted by molar-refractivity contribution is 5.98. The Bertz CT molecular complexity index is 553. The molecule has 3 saturated carbocycles. The van der Waals surface area contributed by atoms with Crippen molar-refractivity contribution in [2.45, 2.75) is 69.7 Å². The molecule has 1 heterocycles. The van der Waals surface area contributed by atoms with Gasteiger partial charge in [0.1, 0.15) is 17.8 Å². The van der Waals surface area contributed by atoms with Crippen molar-refractivity contribution in [1.82, 2.24) is 0 Å². The van der Waals surface area contributed by atoms with Crippen LogP contribution in [0.2, 0.25) is 0 Å². The molecule has 21 heavy (non-hydrogen) atoms. The third-order valence-electron chi connectivity index (χ3n) is 7.57. The summed E-state index contributed by atoms with van der Waals surface area (Å²) in [5.41, 5.74) is 0.660. The highest BCUT2D eigenvalue weighted by Crippen LogP contribution is 2.64. The molecule has 4 aliphatic carbocycles. The number of ketones is 1. The van der Waals surface area contributed by atoms with Gasteiger partial charge < -0.3 is 9.84 Å². The molecule has 3 heteroatoms. The third kappa shape index (κ3) is 1.45. The second-order valence-corrected chi connectivity index (χ2v) is 8.38. The van der Waals surface area contributed by atoms with Crippen LogP contribution in [0, 0.1) is 23.2 Å². The zero-order valence-corrected chi connectivity index (χ0v) is 12.7. The van der Waals surface area contributed by atoms with Crippen LogP contribution in [-0.2, 0) is 9.53 Å². The minimum absolute atomic E-state index is 0.0830. The number of carbonyl (C=O) groups excluding carboxylic acids is 1. The molecular formula is C18H24O3. The molecule has 5 aliphatic rings. The molecule has 0 radical (unpaired) electrons. The van der Waals surface area contributed by atoms with Gasteiger partial charge in [0, 0.05) is 0 Å². The molecule has 4 fully saturated rings. The van der Waals surface area contributed by atoms with Gasteiger partial charge in [0.15, 0.2) is 5.78 Å². The van der Waals surface area contributed by atoms with Gasteiger partial charge in [-0.25, -0.2) is 0 Å². The summed E-state index contributed by atoms with van der Waals surface area (Å²) in [6, 6.07) is 0. The van der Waals surface area contributed by atoms with Crippen molar-refractivity contribution in [3.63, 3.8) is 0 Å². The second-order valence-electron chi connectivity index (χ2n) is 8.38. The van der Waals surface area contributed by atoms with Crippen LogP contribution < -0.4 is 0 Å². The Balaban J connectivity index is 1.56. The standard InChI is InChI=1S/C18H24O3/c1-17-7-2-3-12(17)11-5-4-10-9-14(19)15-16(21-15)18(10,20)13(11)6-8-17/h9,11-13,15-16,20H,2-8H2,1H3/t11-,12-,13-,15?,16?,17-,18+/m0/s1. The maximum Gasteiger partial charge on any atom is 0.187 e. The fraction of sp³-hybridized carbons (Fsp3) is 0.833. The Morgan fingerprint density at radius 1 is 1.24 bits per heavy atom. The third-order valence-corrected chi connectivity index (χ3v) is 7.57. The van der Waals surface area contributed by atoms with Crippen molar-refractivity contribution in [1.29, 1.82) is 0 Å². The van der Waals surface area contributed by atoms with Crippen molar-refractivity contribution in [3.05, 3.63) is 11.6 Å². The van der Waals surface area contributed by atoms with Gasteiger partial charge in [-0.3, -0.25) is 4.79 Å². The molecule has 0 aromatic heterocycles. The molecule has 3 nitrogen and oxygen atoms in total. The van der Waals surface area contributed by atoms with Gasteiger partial charge in [-0.2, -0.15) is 0 Å². The Hall–Kier alpha value is -0.670. The van der Waals surface area contributed by atoms with E-state index in [9.17, 15) is 9.90 Å². The van der Waals surface area contributed by atoms with E-state index in [1.807, 2.05) is 0 Å². The number of hydrogen-bond acceptors (Lipinski definition) is 3. The van der Waals surface area contributed by atoms with E-state index in [0.29, 0.717) is 17.3 Å². The Morgan fingerprint density at radius 3 is 2.95 bits per heavy atom. The summed E-state index contributed by atoms with van der Waals surface area (Å²) in [5.74, 6) is 1.81. The molecule has 0 amide bonds. The molecule has 1 aliphatic heterocycles. The molecule has 0 aromatic carbocycles. The quantitative estimate of drug-likeness (QED) is 0.697. The van der Waals surface area contributed by atoms with Gasteiger partial charge in [-0.05, 0) is 73.3 Å². The smallest absolute Gasteiger partial charge is 0.187 e. The Morgan fingerprint density at radius 2 is 2.10 bits per heavy atom. The van der Waals surface area contributed by atoms with Crippen LogP contribution in [0.15, 0.2) is 11.6 Å². The number of carbonyl (C=O) groups is 1. The van der Waals surface area contributed by atoms with E-state index in [0.717, 1.165) is 30.8 Å². The molecule has 1 N–H and O–H groups in total. The van der Waals surface area contributed by atoms with E-state index in [1.54, 1.807) is 6.08 Å². The second kappa shape index (κ2) is 3.80. The van der Waals surface area contributed by atoms with Gasteiger partial charge in [-0.1, -0.05) is 13.3 Å². The van der Waals surface area contributed by atoms with Crippen LogP contribution >= 0.6 is 0 Å². The van der Waals surface area contributed by atoms with Crippen LogP contribution in [0.4, 0.5) is 0 Å². The highest BCUT2D eigenvalue weighted by atomic mass is 16.6. The molecule has 114 valence electrons. The number of fused-ring (bicyclic) bond motifs is 7. The van der Waals surface area contributed by atoms with Crippen molar-refractivity contribution in [3.8, 4) is 0 Å². The Kier molecular flexibility index (Phi) is 2.32. The van der Waals surface area contributed by atoms with E-state index in [2.05, 4.69) is 6.92 Å². The van der Waals surface area contributed by atoms with E-state index in [-0.39, 0.29) is 18.0 Å². The topological polar surface area (TPSA) is 49.8 Å². The zero-order chi connectivity index (χ0) is 14.4. The van der Waals surface area contributed by atoms with E-state index >= 15 is 0 Å². The number of rotatable bonds is 0. The largest absolute Gasteiger partial charge is 0.382 e. The van der Waals surface area contributed by atoms with E-state index < -0.39 is 5.60 Å². The minimum atomic E-state index is -0.828. The minimum Gasteiger partial charge on any atom is -0.382 e. The molecule has 0 spiro atoms. The lowest BCUT2D eigenvalue weighted by Gasteiger charge is -2.55. The number of ether oxygens (including phenoxy) is 1. The maximum absolute atomic E-state index is 11.9. The van der Waals surface area contributed by atoms with Gasteiger partial charge in [0.25, 0.3) is 0 Å². The lowest BCUT2D eigenvalue weighted by Crippen LogP contribution is -2.58. The predicted molar refractivity (Wildman–Crippen MR) is 77.6 cm³/mol. The Labute approximate surface area is 125 Å². The van der Waals surface area contributed by atoms with Crippen LogP contribution in [0.5, 0.6) is 0 Å². The molecule has 2 unspecified atom stereocenters. The first-order chi connectivity index (χ1) is 10.0. The number of aliphatic hydroxyl groups is 1. The fourth-order valence-electron chi connectivity index (χ4n) is 6.49. The SMILES string of the molecule is C[C@@]12CCC[C@H]1[C@@H]1CCC3=CC(=O)C4OC4[C@]3(O)[C@H]1CC2. The zero-order valence-electron chi connectivity index (χ0n) is 12.7. The fourth-order valence-corrected chi connectivity index (χ4v) is 6.49. The van der Waals surface area contributed by atoms with E-state index in [1.165, 1.54) is 25.7 Å². The van der Waals surface area contributed by atoms with Crippen molar-refractivity contribution in [2.75, 3.05) is 0 Å². The maximum atomic E-state index is 11.9. The number of epoxide rings is 1. The number of hydrogen-bond donors (Lipinski definition) is 1. The first kappa shape index (κ1) is 12.8. The van der Waals surface area contributed by atoms with Crippen LogP contribution in [0.3, 0.4) is 0 Å². The molecular weight excluding hydrogens is 264 g/mol. The summed E-state index contributed by atoms with van der Waals surface area (Å²) in [4.78, 5) is 11.9. The van der Waals surface area contributed by atoms with Crippen LogP contribution in [-0.4, -0.2) is 28.7 Å². The summed E-state index contributed by atoms with van der Waals surface area (Å²) >= 11 is 0. The summed E-state index contributed by atoms with van der Waals surface area (Å²) in [5, 5.41) is 11.5. The first-order valence-corrected chi connectivity index (χ1v) is 8.67. The normalized spacial score (nSPS) is 57.7. The van der Waals surface area contributed by atoms with Crippen LogP contribution in [0.1, 0.15) is 51.9 Å². The summed E-state index contributed by atoms with van der Waals surface area (Å²) < 4.78 is 5.60. The molecule has 7 atom stereocenters. The molecule has 5 rings (SSSR count). The predicted octanol–water partition coefficient (Wildman–Crippen LogP) is 2.62. The molecule has 0 bridgehead atoms. The van der Waals surface area contributed by atoms with Gasteiger partial charge in [-0.15, -0.1) is 0 Å². The average molecular weight is 288 g/mol. The van der Waals surface area contributed by atoms with Gasteiger partial charge in [0.2, 0.25) is 0 Å². The molecule has 1 saturated heterocycles. The highest BCUT2D eigenvalue weighted by Gasteiger charge is 2.68. The lowest BCUT2D eigenvalue weighted by atomic mass is 9.51. The van der Waals surface area contributed by atoms with Crippen molar-refractivity contribution < 1.29 is 14.6 Å². The monoisotopic (exact) mass is 288 g/mol. The van der Waals surface area contributed by atoms with Crippen molar-refractivity contribution in [2.24, 2.45) is 23.2 Å². The summed E-state index contributed by atoms with van der Waals surface area (Å²) in [6.07, 6.45) is 9.58. The van der Waals surface area contributed by atoms with Crippen LogP contribution in [0.25, 0.3) is 0 Å². The average Bonchev–Trinajstić information content (AvgIpc) is 3.17. The van der Waals surface area contributed by atoms with Gasteiger partial charge >= 0.3 is 0 Å². The first-order valence-electron chi connectivity index (χ1n) is 8.67. The molecule has 0 aromatic rings. The van der Waals surface area contributed by atoms with Crippen molar-refractivity contribution >= 4 is 5.78 Å².